The Morgan fingerprint density at radius 3 is 2.46 bits per heavy atom. The molecule has 0 bridgehead atoms. The molecule has 5 rings (SSSR count). The first-order chi connectivity index (χ1) is 18.0. The van der Waals surface area contributed by atoms with Crippen molar-refractivity contribution in [3.8, 4) is 45.5 Å². The van der Waals surface area contributed by atoms with Crippen molar-refractivity contribution in [3.63, 3.8) is 0 Å². The fraction of sp³-hybridized carbons (Fsp3) is 0.179. The summed E-state index contributed by atoms with van der Waals surface area (Å²) in [6, 6.07) is 16.9. The lowest BCUT2D eigenvalue weighted by molar-refractivity contribution is 0.105. The molecule has 3 aromatic carbocycles. The molecular formula is C28H23N3O5S. The Morgan fingerprint density at radius 2 is 1.76 bits per heavy atom. The molecule has 0 saturated carbocycles. The highest BCUT2D eigenvalue weighted by atomic mass is 32.1. The number of fused-ring (bicyclic) bond motifs is 2. The number of hydrogen-bond donors (Lipinski definition) is 0. The van der Waals surface area contributed by atoms with E-state index in [1.165, 1.54) is 21.3 Å². The lowest BCUT2D eigenvalue weighted by Gasteiger charge is -2.12. The van der Waals surface area contributed by atoms with E-state index < -0.39 is 0 Å². The summed E-state index contributed by atoms with van der Waals surface area (Å²) in [6.07, 6.45) is 0. The van der Waals surface area contributed by atoms with Crippen LogP contribution in [0.2, 0.25) is 0 Å². The smallest absolute Gasteiger partial charge is 0.236 e. The first-order valence-electron chi connectivity index (χ1n) is 11.3. The summed E-state index contributed by atoms with van der Waals surface area (Å²) in [5.41, 5.74) is 3.04. The number of aryl methyl sites for hydroxylation is 1. The van der Waals surface area contributed by atoms with E-state index >= 15 is 0 Å². The van der Waals surface area contributed by atoms with Crippen molar-refractivity contribution in [3.05, 3.63) is 60.2 Å². The number of rotatable bonds is 7. The number of benzene rings is 3. The third-order valence-corrected chi connectivity index (χ3v) is 6.80. The molecule has 8 nitrogen and oxygen atoms in total. The van der Waals surface area contributed by atoms with Crippen molar-refractivity contribution in [2.75, 3.05) is 27.9 Å². The molecule has 0 aliphatic carbocycles. The third kappa shape index (κ3) is 4.67. The molecule has 2 aromatic heterocycles. The summed E-state index contributed by atoms with van der Waals surface area (Å²) in [4.78, 5) is 17.4. The molecule has 0 unspecified atom stereocenters. The monoisotopic (exact) mass is 513 g/mol. The van der Waals surface area contributed by atoms with Crippen molar-refractivity contribution < 1.29 is 23.7 Å². The quantitative estimate of drug-likeness (QED) is 0.169. The maximum Gasteiger partial charge on any atom is 0.236 e. The molecule has 0 N–H and O–H groups in total. The van der Waals surface area contributed by atoms with E-state index in [1.54, 1.807) is 23.5 Å². The maximum absolute atomic E-state index is 12.6. The fourth-order valence-corrected chi connectivity index (χ4v) is 4.95. The number of thiazole rings is 1. The van der Waals surface area contributed by atoms with Crippen LogP contribution < -0.4 is 18.9 Å². The average Bonchev–Trinajstić information content (AvgIpc) is 3.50. The highest BCUT2D eigenvalue weighted by molar-refractivity contribution is 7.21. The van der Waals surface area contributed by atoms with Gasteiger partial charge in [-0.15, -0.1) is 11.3 Å². The second-order valence-electron chi connectivity index (χ2n) is 7.97. The second-order valence-corrected chi connectivity index (χ2v) is 9.00. The number of para-hydroxylation sites is 1. The maximum atomic E-state index is 12.6. The Morgan fingerprint density at radius 1 is 1.00 bits per heavy atom. The lowest BCUT2D eigenvalue weighted by Crippen LogP contribution is -2.01. The van der Waals surface area contributed by atoms with Gasteiger partial charge in [-0.25, -0.2) is 4.98 Å². The van der Waals surface area contributed by atoms with Crippen LogP contribution in [0.15, 0.2) is 54.6 Å². The summed E-state index contributed by atoms with van der Waals surface area (Å²) in [5, 5.41) is 6.48. The van der Waals surface area contributed by atoms with Crippen LogP contribution in [0.3, 0.4) is 0 Å². The molecule has 186 valence electrons. The minimum absolute atomic E-state index is 0.0401. The van der Waals surface area contributed by atoms with Crippen LogP contribution in [0, 0.1) is 11.8 Å². The van der Waals surface area contributed by atoms with E-state index in [4.69, 9.17) is 29.0 Å². The molecular weight excluding hydrogens is 490 g/mol. The summed E-state index contributed by atoms with van der Waals surface area (Å²) < 4.78 is 24.7. The molecule has 37 heavy (non-hydrogen) atoms. The van der Waals surface area contributed by atoms with Gasteiger partial charge in [0.05, 0.1) is 37.1 Å². The van der Waals surface area contributed by atoms with Crippen molar-refractivity contribution in [1.82, 2.24) is 14.8 Å². The van der Waals surface area contributed by atoms with Gasteiger partial charge in [-0.1, -0.05) is 18.1 Å². The predicted molar refractivity (Wildman–Crippen MR) is 143 cm³/mol. The van der Waals surface area contributed by atoms with E-state index in [2.05, 4.69) is 11.8 Å². The van der Waals surface area contributed by atoms with Gasteiger partial charge in [0.2, 0.25) is 11.5 Å². The molecule has 0 aliphatic rings. The lowest BCUT2D eigenvalue weighted by atomic mass is 10.1. The molecule has 0 amide bonds. The van der Waals surface area contributed by atoms with Gasteiger partial charge in [-0.2, -0.15) is 5.10 Å². The van der Waals surface area contributed by atoms with Crippen LogP contribution in [-0.4, -0.2) is 48.5 Å². The summed E-state index contributed by atoms with van der Waals surface area (Å²) in [7, 11) is 6.39. The van der Waals surface area contributed by atoms with E-state index in [-0.39, 0.29) is 12.4 Å². The van der Waals surface area contributed by atoms with Crippen LogP contribution >= 0.6 is 11.3 Å². The Bertz CT molecular complexity index is 1630. The summed E-state index contributed by atoms with van der Waals surface area (Å²) in [5.74, 6) is 6.82. The molecule has 9 heteroatoms. The predicted octanol–water partition coefficient (Wildman–Crippen LogP) is 5.14. The molecule has 0 spiro atoms. The first-order valence-corrected chi connectivity index (χ1v) is 12.1. The van der Waals surface area contributed by atoms with Gasteiger partial charge in [-0.05, 0) is 48.4 Å². The molecule has 2 heterocycles. The van der Waals surface area contributed by atoms with Crippen LogP contribution in [0.5, 0.6) is 23.0 Å². The molecule has 0 saturated heterocycles. The molecule has 0 atom stereocenters. The number of Topliss-reactive ketones (excluding diaryl/α,β-unsaturated/α-hetero) is 1. The van der Waals surface area contributed by atoms with E-state index in [0.29, 0.717) is 28.6 Å². The second kappa shape index (κ2) is 10.2. The van der Waals surface area contributed by atoms with Gasteiger partial charge in [0.1, 0.15) is 23.1 Å². The highest BCUT2D eigenvalue weighted by Crippen LogP contribution is 2.38. The van der Waals surface area contributed by atoms with E-state index in [1.807, 2.05) is 54.2 Å². The Kier molecular flexibility index (Phi) is 6.66. The van der Waals surface area contributed by atoms with Gasteiger partial charge in [0.25, 0.3) is 0 Å². The topological polar surface area (TPSA) is 84.7 Å². The Balaban J connectivity index is 1.35. The van der Waals surface area contributed by atoms with Crippen molar-refractivity contribution in [1.29, 1.82) is 0 Å². The summed E-state index contributed by atoms with van der Waals surface area (Å²) in [6.45, 7) is 0.0401. The zero-order valence-corrected chi connectivity index (χ0v) is 21.5. The van der Waals surface area contributed by atoms with Gasteiger partial charge >= 0.3 is 0 Å². The molecule has 0 aliphatic heterocycles. The van der Waals surface area contributed by atoms with Crippen molar-refractivity contribution in [2.24, 2.45) is 7.05 Å². The summed E-state index contributed by atoms with van der Waals surface area (Å²) >= 11 is 1.60. The first kappa shape index (κ1) is 24.2. The van der Waals surface area contributed by atoms with Gasteiger partial charge < -0.3 is 18.9 Å². The number of carbonyl (C=O) groups excluding carboxylic acids is 1. The van der Waals surface area contributed by atoms with Crippen molar-refractivity contribution >= 4 is 38.2 Å². The molecule has 0 radical (unpaired) electrons. The van der Waals surface area contributed by atoms with Gasteiger partial charge in [0, 0.05) is 18.0 Å². The Hall–Kier alpha value is -4.55. The molecule has 0 fully saturated rings. The zero-order chi connectivity index (χ0) is 25.9. The SMILES string of the molecule is COc1cc(C(=O)C#CCOc2ccc3c(c2)c(-c2nc4ccccc4s2)nn3C)cc(OC)c1OC. The standard InChI is InChI=1S/C28H23N3O5S/c1-31-21-12-11-18(16-19(21)26(30-31)28-29-20-8-5-6-10-25(20)37-28)36-13-7-9-22(32)17-14-23(33-2)27(35-4)24(15-17)34-3/h5-6,8,10-12,14-16H,13H2,1-4H3. The minimum Gasteiger partial charge on any atom is -0.493 e. The fourth-order valence-electron chi connectivity index (χ4n) is 3.99. The van der Waals surface area contributed by atoms with Gasteiger partial charge in [-0.3, -0.25) is 9.48 Å². The van der Waals surface area contributed by atoms with Crippen LogP contribution in [0.25, 0.3) is 31.8 Å². The zero-order valence-electron chi connectivity index (χ0n) is 20.7. The van der Waals surface area contributed by atoms with Crippen LogP contribution in [0.4, 0.5) is 0 Å². The minimum atomic E-state index is -0.385. The normalized spacial score (nSPS) is 10.7. The largest absolute Gasteiger partial charge is 0.493 e. The number of hydrogen-bond acceptors (Lipinski definition) is 8. The molecule has 5 aromatic rings. The van der Waals surface area contributed by atoms with Crippen LogP contribution in [0.1, 0.15) is 10.4 Å². The van der Waals surface area contributed by atoms with Gasteiger partial charge in [0.15, 0.2) is 11.5 Å². The van der Waals surface area contributed by atoms with E-state index in [0.717, 1.165) is 31.8 Å². The number of nitrogens with zero attached hydrogens (tertiary/aromatic N) is 3. The third-order valence-electron chi connectivity index (χ3n) is 5.76. The number of carbonyl (C=O) groups is 1. The van der Waals surface area contributed by atoms with Crippen LogP contribution in [-0.2, 0) is 7.05 Å². The Labute approximate surface area is 217 Å². The number of ether oxygens (including phenoxy) is 4. The van der Waals surface area contributed by atoms with E-state index in [9.17, 15) is 4.79 Å². The van der Waals surface area contributed by atoms with Crippen molar-refractivity contribution in [2.45, 2.75) is 0 Å². The number of methoxy groups -OCH3 is 3. The average molecular weight is 514 g/mol. The highest BCUT2D eigenvalue weighted by Gasteiger charge is 2.17. The number of ketones is 1. The number of aromatic nitrogens is 3.